The molecular weight excluding hydrogens is 384 g/mol. The molecular formula is C19H17BrN2O3. The number of hydrogen-bond acceptors (Lipinski definition) is 4. The van der Waals surface area contributed by atoms with Crippen molar-refractivity contribution in [3.05, 3.63) is 81.3 Å². The van der Waals surface area contributed by atoms with Gasteiger partial charge in [-0.05, 0) is 52.2 Å². The summed E-state index contributed by atoms with van der Waals surface area (Å²) in [5.41, 5.74) is 2.07. The zero-order valence-corrected chi connectivity index (χ0v) is 15.3. The summed E-state index contributed by atoms with van der Waals surface area (Å²) in [6, 6.07) is 10.8. The Morgan fingerprint density at radius 1 is 1.24 bits per heavy atom. The van der Waals surface area contributed by atoms with E-state index in [1.807, 2.05) is 30.3 Å². The van der Waals surface area contributed by atoms with E-state index in [0.717, 1.165) is 16.5 Å². The average Bonchev–Trinajstić information content (AvgIpc) is 2.61. The van der Waals surface area contributed by atoms with Gasteiger partial charge in [-0.15, -0.1) is 6.58 Å². The number of aromatic nitrogens is 2. The molecule has 5 nitrogen and oxygen atoms in total. The highest BCUT2D eigenvalue weighted by atomic mass is 79.9. The van der Waals surface area contributed by atoms with E-state index in [-0.39, 0.29) is 12.2 Å². The van der Waals surface area contributed by atoms with E-state index in [0.29, 0.717) is 22.8 Å². The summed E-state index contributed by atoms with van der Waals surface area (Å²) in [5.74, 6) is 1.24. The summed E-state index contributed by atoms with van der Waals surface area (Å²) >= 11 is 3.35. The maximum Gasteiger partial charge on any atom is 0.258 e. The van der Waals surface area contributed by atoms with Gasteiger partial charge in [0.2, 0.25) is 0 Å². The van der Waals surface area contributed by atoms with Crippen molar-refractivity contribution < 1.29 is 9.47 Å². The third kappa shape index (κ3) is 3.91. The van der Waals surface area contributed by atoms with Gasteiger partial charge in [0.1, 0.15) is 12.3 Å². The third-order valence-corrected chi connectivity index (χ3v) is 4.13. The van der Waals surface area contributed by atoms with Gasteiger partial charge >= 0.3 is 0 Å². The van der Waals surface area contributed by atoms with Gasteiger partial charge in [-0.2, -0.15) is 0 Å². The highest BCUT2D eigenvalue weighted by Crippen LogP contribution is 2.29. The van der Waals surface area contributed by atoms with Crippen LogP contribution in [-0.4, -0.2) is 16.5 Å². The van der Waals surface area contributed by atoms with Crippen LogP contribution in [0.25, 0.3) is 5.65 Å². The number of methoxy groups -OCH3 is 1. The molecule has 0 bridgehead atoms. The molecule has 0 aliphatic carbocycles. The topological polar surface area (TPSA) is 52.8 Å². The fraction of sp³-hybridized carbons (Fsp3) is 0.158. The van der Waals surface area contributed by atoms with E-state index >= 15 is 0 Å². The number of halogens is 1. The largest absolute Gasteiger partial charge is 0.493 e. The number of fused-ring (bicyclic) bond motifs is 1. The maximum absolute atomic E-state index is 12.2. The van der Waals surface area contributed by atoms with E-state index in [1.54, 1.807) is 19.4 Å². The highest BCUT2D eigenvalue weighted by molar-refractivity contribution is 9.10. The molecule has 25 heavy (non-hydrogen) atoms. The second-order valence-corrected chi connectivity index (χ2v) is 6.34. The number of rotatable bonds is 6. The minimum atomic E-state index is -0.154. The quantitative estimate of drug-likeness (QED) is 0.590. The zero-order valence-electron chi connectivity index (χ0n) is 13.7. The number of ether oxygens (including phenoxy) is 2. The lowest BCUT2D eigenvalue weighted by atomic mass is 10.1. The summed E-state index contributed by atoms with van der Waals surface area (Å²) in [5, 5.41) is 0. The van der Waals surface area contributed by atoms with E-state index in [9.17, 15) is 4.79 Å². The lowest BCUT2D eigenvalue weighted by Crippen LogP contribution is -2.16. The van der Waals surface area contributed by atoms with Crippen LogP contribution in [0.15, 0.2) is 64.5 Å². The summed E-state index contributed by atoms with van der Waals surface area (Å²) in [6.07, 6.45) is 4.28. The second-order valence-electron chi connectivity index (χ2n) is 5.43. The molecule has 0 fully saturated rings. The van der Waals surface area contributed by atoms with Gasteiger partial charge in [0.25, 0.3) is 5.56 Å². The van der Waals surface area contributed by atoms with Crippen LogP contribution in [0, 0.1) is 0 Å². The first-order valence-corrected chi connectivity index (χ1v) is 8.48. The molecule has 0 amide bonds. The fourth-order valence-corrected chi connectivity index (χ4v) is 2.81. The van der Waals surface area contributed by atoms with Crippen LogP contribution in [0.4, 0.5) is 0 Å². The zero-order chi connectivity index (χ0) is 17.8. The van der Waals surface area contributed by atoms with Crippen LogP contribution >= 0.6 is 15.9 Å². The van der Waals surface area contributed by atoms with Crippen molar-refractivity contribution in [2.45, 2.75) is 13.0 Å². The lowest BCUT2D eigenvalue weighted by molar-refractivity contribution is 0.280. The first-order chi connectivity index (χ1) is 12.1. The van der Waals surface area contributed by atoms with Gasteiger partial charge < -0.3 is 9.47 Å². The SMILES string of the molecule is C=CCc1ccc(OCc2cc(=O)n3cc(Br)ccc3n2)c(OC)c1. The van der Waals surface area contributed by atoms with E-state index in [2.05, 4.69) is 27.5 Å². The van der Waals surface area contributed by atoms with Crippen molar-refractivity contribution in [2.24, 2.45) is 0 Å². The molecule has 6 heteroatoms. The van der Waals surface area contributed by atoms with Gasteiger partial charge in [0.05, 0.1) is 12.8 Å². The van der Waals surface area contributed by atoms with E-state index in [1.165, 1.54) is 10.5 Å². The van der Waals surface area contributed by atoms with Gasteiger partial charge in [-0.25, -0.2) is 4.98 Å². The summed E-state index contributed by atoms with van der Waals surface area (Å²) in [6.45, 7) is 3.91. The Bertz CT molecular complexity index is 982. The fourth-order valence-electron chi connectivity index (χ4n) is 2.48. The number of pyridine rings is 1. The molecule has 3 rings (SSSR count). The molecule has 3 aromatic rings. The Balaban J connectivity index is 1.84. The predicted molar refractivity (Wildman–Crippen MR) is 100 cm³/mol. The van der Waals surface area contributed by atoms with Crippen molar-refractivity contribution >= 4 is 21.6 Å². The predicted octanol–water partition coefficient (Wildman–Crippen LogP) is 3.77. The normalized spacial score (nSPS) is 10.6. The van der Waals surface area contributed by atoms with E-state index in [4.69, 9.17) is 9.47 Å². The number of benzene rings is 1. The number of allylic oxidation sites excluding steroid dienone is 1. The molecule has 128 valence electrons. The monoisotopic (exact) mass is 400 g/mol. The van der Waals surface area contributed by atoms with Crippen molar-refractivity contribution in [2.75, 3.05) is 7.11 Å². The van der Waals surface area contributed by atoms with Crippen molar-refractivity contribution in [3.63, 3.8) is 0 Å². The molecule has 0 radical (unpaired) electrons. The molecule has 0 spiro atoms. The van der Waals surface area contributed by atoms with Gasteiger partial charge in [0, 0.05) is 16.7 Å². The summed E-state index contributed by atoms with van der Waals surface area (Å²) < 4.78 is 13.5. The van der Waals surface area contributed by atoms with Gasteiger partial charge in [-0.3, -0.25) is 9.20 Å². The molecule has 0 saturated heterocycles. The van der Waals surface area contributed by atoms with E-state index < -0.39 is 0 Å². The molecule has 2 heterocycles. The van der Waals surface area contributed by atoms with Crippen molar-refractivity contribution in [1.29, 1.82) is 0 Å². The number of hydrogen-bond donors (Lipinski definition) is 0. The first-order valence-electron chi connectivity index (χ1n) is 7.69. The molecule has 0 atom stereocenters. The molecule has 1 aromatic carbocycles. The van der Waals surface area contributed by atoms with Crippen molar-refractivity contribution in [3.8, 4) is 11.5 Å². The van der Waals surface area contributed by atoms with Crippen LogP contribution in [0.1, 0.15) is 11.3 Å². The lowest BCUT2D eigenvalue weighted by Gasteiger charge is -2.12. The highest BCUT2D eigenvalue weighted by Gasteiger charge is 2.08. The third-order valence-electron chi connectivity index (χ3n) is 3.66. The van der Waals surface area contributed by atoms with Crippen LogP contribution in [0.3, 0.4) is 0 Å². The molecule has 0 N–H and O–H groups in total. The Morgan fingerprint density at radius 2 is 2.08 bits per heavy atom. The summed E-state index contributed by atoms with van der Waals surface area (Å²) in [7, 11) is 1.60. The minimum Gasteiger partial charge on any atom is -0.493 e. The van der Waals surface area contributed by atoms with Crippen LogP contribution < -0.4 is 15.0 Å². The standard InChI is InChI=1S/C19H17BrN2O3/c1-3-4-13-5-7-16(17(9-13)24-2)25-12-15-10-19(23)22-11-14(20)6-8-18(22)21-15/h3,5-11H,1,4,12H2,2H3. The maximum atomic E-state index is 12.2. The Kier molecular flexibility index (Phi) is 5.19. The first kappa shape index (κ1) is 17.2. The van der Waals surface area contributed by atoms with Crippen LogP contribution in [0.2, 0.25) is 0 Å². The van der Waals surface area contributed by atoms with Gasteiger partial charge in [0.15, 0.2) is 11.5 Å². The molecule has 2 aromatic heterocycles. The Hall–Kier alpha value is -2.60. The van der Waals surface area contributed by atoms with Crippen molar-refractivity contribution in [1.82, 2.24) is 9.38 Å². The molecule has 0 saturated carbocycles. The Labute approximate surface area is 153 Å². The second kappa shape index (κ2) is 7.53. The van der Waals surface area contributed by atoms with Crippen LogP contribution in [0.5, 0.6) is 11.5 Å². The van der Waals surface area contributed by atoms with Gasteiger partial charge in [-0.1, -0.05) is 12.1 Å². The smallest absolute Gasteiger partial charge is 0.258 e. The number of nitrogens with zero attached hydrogens (tertiary/aromatic N) is 2. The minimum absolute atomic E-state index is 0.154. The van der Waals surface area contributed by atoms with Crippen LogP contribution in [-0.2, 0) is 13.0 Å². The average molecular weight is 401 g/mol. The Morgan fingerprint density at radius 3 is 2.84 bits per heavy atom. The summed E-state index contributed by atoms with van der Waals surface area (Å²) in [4.78, 5) is 16.7. The molecule has 0 aliphatic rings. The molecule has 0 aliphatic heterocycles. The molecule has 0 unspecified atom stereocenters.